The van der Waals surface area contributed by atoms with Crippen LogP contribution in [0.25, 0.3) is 0 Å². The van der Waals surface area contributed by atoms with Crippen LogP contribution in [0.1, 0.15) is 42.5 Å². The van der Waals surface area contributed by atoms with Crippen LogP contribution in [0.2, 0.25) is 0 Å². The fourth-order valence-electron chi connectivity index (χ4n) is 1.99. The standard InChI is InChI=1S/C16H20N2O2/c1-11-14(10-17-20-11)15(19)18(5)13-8-6-12(7-9-13)16(2,3)4/h6-10H,1-5H3. The lowest BCUT2D eigenvalue weighted by Gasteiger charge is -2.21. The third-order valence-corrected chi connectivity index (χ3v) is 3.41. The van der Waals surface area contributed by atoms with Crippen molar-refractivity contribution >= 4 is 11.6 Å². The van der Waals surface area contributed by atoms with Crippen molar-refractivity contribution in [2.45, 2.75) is 33.1 Å². The van der Waals surface area contributed by atoms with Crippen molar-refractivity contribution in [2.24, 2.45) is 0 Å². The third-order valence-electron chi connectivity index (χ3n) is 3.41. The predicted octanol–water partition coefficient (Wildman–Crippen LogP) is 3.56. The second kappa shape index (κ2) is 5.12. The van der Waals surface area contributed by atoms with Crippen molar-refractivity contribution in [1.82, 2.24) is 5.16 Å². The first kappa shape index (κ1) is 14.3. The highest BCUT2D eigenvalue weighted by Crippen LogP contribution is 2.25. The number of hydrogen-bond acceptors (Lipinski definition) is 3. The summed E-state index contributed by atoms with van der Waals surface area (Å²) in [6.45, 7) is 8.23. The van der Waals surface area contributed by atoms with E-state index in [0.29, 0.717) is 11.3 Å². The molecule has 2 aromatic rings. The van der Waals surface area contributed by atoms with Gasteiger partial charge in [0.15, 0.2) is 0 Å². The second-order valence-corrected chi connectivity index (χ2v) is 5.96. The average molecular weight is 272 g/mol. The number of aryl methyl sites for hydroxylation is 1. The lowest BCUT2D eigenvalue weighted by Crippen LogP contribution is -2.26. The van der Waals surface area contributed by atoms with Gasteiger partial charge in [-0.15, -0.1) is 0 Å². The maximum absolute atomic E-state index is 12.3. The van der Waals surface area contributed by atoms with Gasteiger partial charge < -0.3 is 9.42 Å². The first-order valence-corrected chi connectivity index (χ1v) is 6.60. The van der Waals surface area contributed by atoms with Crippen molar-refractivity contribution in [2.75, 3.05) is 11.9 Å². The third kappa shape index (κ3) is 2.74. The maximum Gasteiger partial charge on any atom is 0.263 e. The monoisotopic (exact) mass is 272 g/mol. The molecular formula is C16H20N2O2. The Kier molecular flexibility index (Phi) is 3.66. The van der Waals surface area contributed by atoms with Crippen LogP contribution in [0.15, 0.2) is 35.0 Å². The lowest BCUT2D eigenvalue weighted by molar-refractivity contribution is 0.0991. The van der Waals surface area contributed by atoms with E-state index in [-0.39, 0.29) is 11.3 Å². The molecule has 0 radical (unpaired) electrons. The first-order chi connectivity index (χ1) is 9.30. The van der Waals surface area contributed by atoms with E-state index >= 15 is 0 Å². The van der Waals surface area contributed by atoms with Gasteiger partial charge in [-0.2, -0.15) is 0 Å². The summed E-state index contributed by atoms with van der Waals surface area (Å²) in [7, 11) is 1.75. The largest absolute Gasteiger partial charge is 0.361 e. The molecule has 0 fully saturated rings. The second-order valence-electron chi connectivity index (χ2n) is 5.96. The highest BCUT2D eigenvalue weighted by Gasteiger charge is 2.19. The summed E-state index contributed by atoms with van der Waals surface area (Å²) < 4.78 is 4.94. The van der Waals surface area contributed by atoms with Gasteiger partial charge in [-0.3, -0.25) is 4.79 Å². The van der Waals surface area contributed by atoms with Crippen LogP contribution >= 0.6 is 0 Å². The fourth-order valence-corrected chi connectivity index (χ4v) is 1.99. The molecule has 4 nitrogen and oxygen atoms in total. The SMILES string of the molecule is Cc1oncc1C(=O)N(C)c1ccc(C(C)(C)C)cc1. The summed E-state index contributed by atoms with van der Waals surface area (Å²) in [5.41, 5.74) is 2.69. The summed E-state index contributed by atoms with van der Waals surface area (Å²) >= 11 is 0. The molecular weight excluding hydrogens is 252 g/mol. The molecule has 0 aliphatic rings. The summed E-state index contributed by atoms with van der Waals surface area (Å²) in [6, 6.07) is 8.03. The number of nitrogens with zero attached hydrogens (tertiary/aromatic N) is 2. The number of aromatic nitrogens is 1. The van der Waals surface area contributed by atoms with Crippen LogP contribution in [0.3, 0.4) is 0 Å². The number of anilines is 1. The molecule has 0 N–H and O–H groups in total. The Balaban J connectivity index is 2.24. The molecule has 2 rings (SSSR count). The number of amides is 1. The minimum atomic E-state index is -0.118. The van der Waals surface area contributed by atoms with Gasteiger partial charge in [0.1, 0.15) is 11.3 Å². The van der Waals surface area contributed by atoms with E-state index < -0.39 is 0 Å². The molecule has 4 heteroatoms. The molecule has 0 saturated heterocycles. The molecule has 0 atom stereocenters. The van der Waals surface area contributed by atoms with Gasteiger partial charge in [0.05, 0.1) is 6.20 Å². The minimum absolute atomic E-state index is 0.103. The summed E-state index contributed by atoms with van der Waals surface area (Å²) in [5, 5.41) is 3.64. The van der Waals surface area contributed by atoms with Gasteiger partial charge in [0, 0.05) is 12.7 Å². The molecule has 1 aromatic heterocycles. The topological polar surface area (TPSA) is 46.3 Å². The van der Waals surface area contributed by atoms with Crippen molar-refractivity contribution in [3.05, 3.63) is 47.3 Å². The maximum atomic E-state index is 12.3. The van der Waals surface area contributed by atoms with Gasteiger partial charge in [0.25, 0.3) is 5.91 Å². The number of carbonyl (C=O) groups excluding carboxylic acids is 1. The highest BCUT2D eigenvalue weighted by atomic mass is 16.5. The molecule has 0 spiro atoms. The van der Waals surface area contributed by atoms with Gasteiger partial charge in [-0.1, -0.05) is 38.1 Å². The molecule has 0 aliphatic carbocycles. The van der Waals surface area contributed by atoms with Gasteiger partial charge in [0.2, 0.25) is 0 Å². The molecule has 20 heavy (non-hydrogen) atoms. The zero-order valence-electron chi connectivity index (χ0n) is 12.6. The van der Waals surface area contributed by atoms with E-state index in [9.17, 15) is 4.79 Å². The number of benzene rings is 1. The molecule has 106 valence electrons. The Morgan fingerprint density at radius 3 is 2.25 bits per heavy atom. The van der Waals surface area contributed by atoms with Crippen molar-refractivity contribution in [3.63, 3.8) is 0 Å². The Labute approximate surface area is 119 Å². The first-order valence-electron chi connectivity index (χ1n) is 6.60. The van der Waals surface area contributed by atoms with Crippen LogP contribution in [-0.2, 0) is 5.41 Å². The van der Waals surface area contributed by atoms with E-state index in [1.807, 2.05) is 12.1 Å². The van der Waals surface area contributed by atoms with Crippen molar-refractivity contribution < 1.29 is 9.32 Å². The van der Waals surface area contributed by atoms with E-state index in [1.165, 1.54) is 11.8 Å². The minimum Gasteiger partial charge on any atom is -0.361 e. The smallest absolute Gasteiger partial charge is 0.263 e. The Bertz CT molecular complexity index is 606. The number of rotatable bonds is 2. The molecule has 0 bridgehead atoms. The molecule has 1 heterocycles. The van der Waals surface area contributed by atoms with Crippen molar-refractivity contribution in [3.8, 4) is 0 Å². The zero-order valence-corrected chi connectivity index (χ0v) is 12.6. The van der Waals surface area contributed by atoms with Crippen LogP contribution in [0.5, 0.6) is 0 Å². The molecule has 0 saturated carbocycles. The van der Waals surface area contributed by atoms with Crippen LogP contribution in [0, 0.1) is 6.92 Å². The van der Waals surface area contributed by atoms with Crippen LogP contribution < -0.4 is 4.90 Å². The Hall–Kier alpha value is -2.10. The molecule has 0 aliphatic heterocycles. The van der Waals surface area contributed by atoms with E-state index in [1.54, 1.807) is 18.9 Å². The summed E-state index contributed by atoms with van der Waals surface area (Å²) in [6.07, 6.45) is 1.46. The average Bonchev–Trinajstić information content (AvgIpc) is 2.82. The van der Waals surface area contributed by atoms with Crippen molar-refractivity contribution in [1.29, 1.82) is 0 Å². The van der Waals surface area contributed by atoms with E-state index in [2.05, 4.69) is 38.1 Å². The summed E-state index contributed by atoms with van der Waals surface area (Å²) in [4.78, 5) is 13.9. The fraction of sp³-hybridized carbons (Fsp3) is 0.375. The summed E-state index contributed by atoms with van der Waals surface area (Å²) in [5.74, 6) is 0.417. The molecule has 1 amide bonds. The van der Waals surface area contributed by atoms with E-state index in [0.717, 1.165) is 5.69 Å². The quantitative estimate of drug-likeness (QED) is 0.839. The lowest BCUT2D eigenvalue weighted by atomic mass is 9.87. The van der Waals surface area contributed by atoms with Gasteiger partial charge in [-0.05, 0) is 30.0 Å². The molecule has 0 unspecified atom stereocenters. The normalized spacial score (nSPS) is 11.4. The zero-order chi connectivity index (χ0) is 14.9. The van der Waals surface area contributed by atoms with E-state index in [4.69, 9.17) is 4.52 Å². The highest BCUT2D eigenvalue weighted by molar-refractivity contribution is 6.06. The predicted molar refractivity (Wildman–Crippen MR) is 79.1 cm³/mol. The molecule has 1 aromatic carbocycles. The Morgan fingerprint density at radius 1 is 1.20 bits per heavy atom. The van der Waals surface area contributed by atoms with Gasteiger partial charge >= 0.3 is 0 Å². The van der Waals surface area contributed by atoms with Crippen LogP contribution in [0.4, 0.5) is 5.69 Å². The van der Waals surface area contributed by atoms with Crippen LogP contribution in [-0.4, -0.2) is 18.1 Å². The Morgan fingerprint density at radius 2 is 1.80 bits per heavy atom. The number of carbonyl (C=O) groups is 1. The number of hydrogen-bond donors (Lipinski definition) is 0. The van der Waals surface area contributed by atoms with Gasteiger partial charge in [-0.25, -0.2) is 0 Å².